The summed E-state index contributed by atoms with van der Waals surface area (Å²) in [5.41, 5.74) is -2.06. The highest BCUT2D eigenvalue weighted by Gasteiger charge is 2.37. The van der Waals surface area contributed by atoms with Crippen LogP contribution in [0.5, 0.6) is 0 Å². The molecule has 13 heteroatoms. The summed E-state index contributed by atoms with van der Waals surface area (Å²) < 4.78 is 79.0. The van der Waals surface area contributed by atoms with E-state index in [1.54, 1.807) is 6.92 Å². The van der Waals surface area contributed by atoms with Crippen LogP contribution in [0.4, 0.5) is 26.3 Å². The van der Waals surface area contributed by atoms with Gasteiger partial charge in [-0.15, -0.1) is 11.3 Å². The SMILES string of the molecule is C[C@@H](CNC(=O)c1cc2c(C(F)(F)F)nn(C)c2s1)Cn1ccc(C(F)(F)F)n1. The van der Waals surface area contributed by atoms with E-state index in [1.165, 1.54) is 13.2 Å². The minimum Gasteiger partial charge on any atom is -0.351 e. The highest BCUT2D eigenvalue weighted by atomic mass is 32.1. The number of aryl methyl sites for hydroxylation is 1. The maximum absolute atomic E-state index is 13.0. The van der Waals surface area contributed by atoms with E-state index >= 15 is 0 Å². The van der Waals surface area contributed by atoms with Crippen LogP contribution in [0, 0.1) is 5.92 Å². The Bertz CT molecular complexity index is 1030. The van der Waals surface area contributed by atoms with Crippen molar-refractivity contribution >= 4 is 27.5 Å². The van der Waals surface area contributed by atoms with Gasteiger partial charge in [0.15, 0.2) is 11.4 Å². The zero-order valence-corrected chi connectivity index (χ0v) is 15.9. The van der Waals surface area contributed by atoms with Gasteiger partial charge in [-0.2, -0.15) is 36.5 Å². The summed E-state index contributed by atoms with van der Waals surface area (Å²) in [4.78, 5) is 12.6. The number of fused-ring (bicyclic) bond motifs is 1. The predicted molar refractivity (Wildman–Crippen MR) is 92.3 cm³/mol. The van der Waals surface area contributed by atoms with Gasteiger partial charge in [0.2, 0.25) is 0 Å². The van der Waals surface area contributed by atoms with Crippen molar-refractivity contribution in [3.63, 3.8) is 0 Å². The van der Waals surface area contributed by atoms with Crippen LogP contribution in [-0.2, 0) is 25.9 Å². The minimum atomic E-state index is -4.64. The molecule has 0 aliphatic carbocycles. The van der Waals surface area contributed by atoms with Crippen molar-refractivity contribution < 1.29 is 31.1 Å². The molecule has 29 heavy (non-hydrogen) atoms. The van der Waals surface area contributed by atoms with Crippen LogP contribution in [0.2, 0.25) is 0 Å². The summed E-state index contributed by atoms with van der Waals surface area (Å²) in [6.07, 6.45) is -7.98. The van der Waals surface area contributed by atoms with Gasteiger partial charge in [0.25, 0.3) is 5.91 Å². The summed E-state index contributed by atoms with van der Waals surface area (Å²) >= 11 is 0.877. The lowest BCUT2D eigenvalue weighted by Gasteiger charge is -2.12. The molecule has 1 N–H and O–H groups in total. The molecule has 0 saturated heterocycles. The second-order valence-corrected chi connectivity index (χ2v) is 7.57. The summed E-state index contributed by atoms with van der Waals surface area (Å²) in [6.45, 7) is 1.94. The minimum absolute atomic E-state index is 0.0872. The van der Waals surface area contributed by atoms with Crippen LogP contribution < -0.4 is 5.32 Å². The Balaban J connectivity index is 1.64. The van der Waals surface area contributed by atoms with Crippen LogP contribution >= 0.6 is 11.3 Å². The van der Waals surface area contributed by atoms with E-state index in [2.05, 4.69) is 15.5 Å². The lowest BCUT2D eigenvalue weighted by atomic mass is 10.2. The third-order valence-electron chi connectivity index (χ3n) is 4.04. The molecule has 3 aromatic rings. The molecule has 0 fully saturated rings. The van der Waals surface area contributed by atoms with Crippen molar-refractivity contribution in [1.82, 2.24) is 24.9 Å². The van der Waals surface area contributed by atoms with E-state index in [4.69, 9.17) is 0 Å². The highest BCUT2D eigenvalue weighted by Crippen LogP contribution is 2.37. The molecule has 3 aromatic heterocycles. The lowest BCUT2D eigenvalue weighted by Crippen LogP contribution is -2.29. The van der Waals surface area contributed by atoms with Crippen LogP contribution in [0.15, 0.2) is 18.3 Å². The average molecular weight is 439 g/mol. The summed E-state index contributed by atoms with van der Waals surface area (Å²) in [5.74, 6) is -0.829. The Kier molecular flexibility index (Phi) is 5.36. The third-order valence-corrected chi connectivity index (χ3v) is 5.25. The molecular weight excluding hydrogens is 424 g/mol. The summed E-state index contributed by atoms with van der Waals surface area (Å²) in [7, 11) is 1.36. The van der Waals surface area contributed by atoms with Crippen molar-refractivity contribution in [3.05, 3.63) is 34.6 Å². The molecule has 0 aliphatic rings. The van der Waals surface area contributed by atoms with E-state index < -0.39 is 29.6 Å². The number of rotatable bonds is 5. The molecule has 3 rings (SSSR count). The Hall–Kier alpha value is -2.57. The maximum Gasteiger partial charge on any atom is 0.435 e. The number of thiophene rings is 1. The first-order chi connectivity index (χ1) is 13.4. The molecular formula is C16H15F6N5OS. The molecule has 0 unspecified atom stereocenters. The predicted octanol–water partition coefficient (Wildman–Crippen LogP) is 3.94. The Labute approximate surface area is 164 Å². The van der Waals surface area contributed by atoms with Gasteiger partial charge in [-0.05, 0) is 18.1 Å². The van der Waals surface area contributed by atoms with Crippen molar-refractivity contribution in [1.29, 1.82) is 0 Å². The number of aromatic nitrogens is 4. The normalized spacial score (nSPS) is 13.8. The first-order valence-corrected chi connectivity index (χ1v) is 9.10. The monoisotopic (exact) mass is 439 g/mol. The molecule has 0 aliphatic heterocycles. The summed E-state index contributed by atoms with van der Waals surface area (Å²) in [6, 6.07) is 1.99. The first-order valence-electron chi connectivity index (χ1n) is 8.29. The molecule has 0 spiro atoms. The van der Waals surface area contributed by atoms with Gasteiger partial charge in [-0.25, -0.2) is 0 Å². The Morgan fingerprint density at radius 2 is 1.90 bits per heavy atom. The van der Waals surface area contributed by atoms with Crippen molar-refractivity contribution in [2.45, 2.75) is 25.8 Å². The summed E-state index contributed by atoms with van der Waals surface area (Å²) in [5, 5.41) is 9.31. The third kappa shape index (κ3) is 4.54. The number of nitrogens with one attached hydrogen (secondary N) is 1. The molecule has 158 valence electrons. The maximum atomic E-state index is 13.0. The van der Waals surface area contributed by atoms with Crippen LogP contribution in [0.1, 0.15) is 28.0 Å². The lowest BCUT2D eigenvalue weighted by molar-refractivity contribution is -0.141. The van der Waals surface area contributed by atoms with Gasteiger partial charge in [0.1, 0.15) is 4.83 Å². The molecule has 1 amide bonds. The van der Waals surface area contributed by atoms with Gasteiger partial charge in [0.05, 0.1) is 4.88 Å². The zero-order valence-electron chi connectivity index (χ0n) is 15.1. The van der Waals surface area contributed by atoms with Gasteiger partial charge >= 0.3 is 12.4 Å². The fraction of sp³-hybridized carbons (Fsp3) is 0.438. The number of carbonyl (C=O) groups is 1. The van der Waals surface area contributed by atoms with Crippen LogP contribution in [-0.4, -0.2) is 32.0 Å². The second-order valence-electron chi connectivity index (χ2n) is 6.54. The second kappa shape index (κ2) is 7.35. The molecule has 0 aromatic carbocycles. The zero-order chi connectivity index (χ0) is 21.6. The van der Waals surface area contributed by atoms with Crippen molar-refractivity contribution in [3.8, 4) is 0 Å². The molecule has 6 nitrogen and oxygen atoms in total. The molecule has 0 radical (unpaired) electrons. The highest BCUT2D eigenvalue weighted by molar-refractivity contribution is 7.20. The van der Waals surface area contributed by atoms with E-state index in [0.29, 0.717) is 0 Å². The number of hydrogen-bond donors (Lipinski definition) is 1. The Morgan fingerprint density at radius 1 is 1.21 bits per heavy atom. The van der Waals surface area contributed by atoms with Crippen molar-refractivity contribution in [2.24, 2.45) is 13.0 Å². The largest absolute Gasteiger partial charge is 0.435 e. The molecule has 0 saturated carbocycles. The van der Waals surface area contributed by atoms with E-state index in [-0.39, 0.29) is 34.1 Å². The number of carbonyl (C=O) groups excluding carboxylic acids is 1. The van der Waals surface area contributed by atoms with Crippen molar-refractivity contribution in [2.75, 3.05) is 6.54 Å². The topological polar surface area (TPSA) is 64.7 Å². The van der Waals surface area contributed by atoms with Gasteiger partial charge < -0.3 is 5.32 Å². The number of alkyl halides is 6. The van der Waals surface area contributed by atoms with Crippen LogP contribution in [0.25, 0.3) is 10.2 Å². The van der Waals surface area contributed by atoms with Gasteiger partial charge in [0, 0.05) is 31.7 Å². The standard InChI is InChI=1S/C16H15F6N5OS/c1-8(7-27-4-3-11(24-27)15(17,18)19)6-23-13(28)10-5-9-12(16(20,21)22)25-26(2)14(9)29-10/h3-5,8H,6-7H2,1-2H3,(H,23,28)/t8-/m0/s1. The van der Waals surface area contributed by atoms with Gasteiger partial charge in [-0.3, -0.25) is 14.2 Å². The van der Waals surface area contributed by atoms with E-state index in [9.17, 15) is 31.1 Å². The Morgan fingerprint density at radius 3 is 2.48 bits per heavy atom. The van der Waals surface area contributed by atoms with Crippen LogP contribution in [0.3, 0.4) is 0 Å². The fourth-order valence-corrected chi connectivity index (χ4v) is 3.70. The number of hydrogen-bond acceptors (Lipinski definition) is 4. The number of amides is 1. The smallest absolute Gasteiger partial charge is 0.351 e. The fourth-order valence-electron chi connectivity index (χ4n) is 2.71. The molecule has 0 bridgehead atoms. The molecule has 1 atom stereocenters. The quantitative estimate of drug-likeness (QED) is 0.613. The van der Waals surface area contributed by atoms with E-state index in [0.717, 1.165) is 32.8 Å². The van der Waals surface area contributed by atoms with Gasteiger partial charge in [-0.1, -0.05) is 6.92 Å². The number of nitrogens with zero attached hydrogens (tertiary/aromatic N) is 4. The average Bonchev–Trinajstić information content (AvgIpc) is 3.28. The number of halogens is 6. The van der Waals surface area contributed by atoms with E-state index in [1.807, 2.05) is 0 Å². The molecule has 3 heterocycles. The first kappa shape index (κ1) is 21.1.